The molecule has 0 aliphatic rings. The third-order valence-corrected chi connectivity index (χ3v) is 4.01. The molecule has 3 aromatic rings. The van der Waals surface area contributed by atoms with Crippen LogP contribution in [0.15, 0.2) is 60.7 Å². The molecule has 1 heterocycles. The van der Waals surface area contributed by atoms with Crippen LogP contribution in [0.1, 0.15) is 21.7 Å². The summed E-state index contributed by atoms with van der Waals surface area (Å²) in [6, 6.07) is 19.0. The first-order valence-electron chi connectivity index (χ1n) is 8.61. The minimum Gasteiger partial charge on any atom is -0.497 e. The Hall–Kier alpha value is -3.41. The van der Waals surface area contributed by atoms with Gasteiger partial charge in [0, 0.05) is 31.0 Å². The van der Waals surface area contributed by atoms with Crippen LogP contribution in [0, 0.1) is 6.92 Å². The Morgan fingerprint density at radius 1 is 1.07 bits per heavy atom. The topological polar surface area (TPSA) is 67.3 Å². The normalized spacial score (nSPS) is 10.3. The standard InChI is InChI=1S/C21H22N4O2/c1-15-12-19(20(26)25(2)14-16-8-5-4-6-9-16)24-21(22-15)23-17-10-7-11-18(13-17)27-3/h4-13H,14H2,1-3H3,(H,22,23,24). The van der Waals surface area contributed by atoms with Crippen molar-refractivity contribution in [2.75, 3.05) is 19.5 Å². The Morgan fingerprint density at radius 2 is 1.85 bits per heavy atom. The molecule has 0 spiro atoms. The summed E-state index contributed by atoms with van der Waals surface area (Å²) in [6.07, 6.45) is 0. The maximum Gasteiger partial charge on any atom is 0.272 e. The number of carbonyl (C=O) groups is 1. The number of amides is 1. The fraction of sp³-hybridized carbons (Fsp3) is 0.190. The van der Waals surface area contributed by atoms with E-state index in [9.17, 15) is 4.79 Å². The zero-order chi connectivity index (χ0) is 19.2. The Morgan fingerprint density at radius 3 is 2.59 bits per heavy atom. The molecular formula is C21H22N4O2. The highest BCUT2D eigenvalue weighted by molar-refractivity contribution is 5.92. The van der Waals surface area contributed by atoms with Crippen molar-refractivity contribution in [1.82, 2.24) is 14.9 Å². The third kappa shape index (κ3) is 4.82. The van der Waals surface area contributed by atoms with Gasteiger partial charge in [-0.25, -0.2) is 9.97 Å². The van der Waals surface area contributed by atoms with E-state index in [0.717, 1.165) is 17.0 Å². The van der Waals surface area contributed by atoms with Crippen molar-refractivity contribution in [3.05, 3.63) is 77.6 Å². The second-order valence-electron chi connectivity index (χ2n) is 6.22. The van der Waals surface area contributed by atoms with Crippen molar-refractivity contribution >= 4 is 17.5 Å². The van der Waals surface area contributed by atoms with Gasteiger partial charge in [-0.15, -0.1) is 0 Å². The molecule has 1 amide bonds. The van der Waals surface area contributed by atoms with Crippen LogP contribution in [0.4, 0.5) is 11.6 Å². The molecule has 2 aromatic carbocycles. The lowest BCUT2D eigenvalue weighted by atomic mass is 10.2. The Bertz CT molecular complexity index is 928. The molecule has 0 saturated carbocycles. The third-order valence-electron chi connectivity index (χ3n) is 4.01. The summed E-state index contributed by atoms with van der Waals surface area (Å²) >= 11 is 0. The fourth-order valence-corrected chi connectivity index (χ4v) is 2.69. The van der Waals surface area contributed by atoms with E-state index in [1.54, 1.807) is 25.1 Å². The molecule has 6 heteroatoms. The monoisotopic (exact) mass is 362 g/mol. The van der Waals surface area contributed by atoms with Gasteiger partial charge in [-0.1, -0.05) is 36.4 Å². The van der Waals surface area contributed by atoms with E-state index in [1.165, 1.54) is 0 Å². The molecule has 0 fully saturated rings. The van der Waals surface area contributed by atoms with Gasteiger partial charge < -0.3 is 15.0 Å². The fourth-order valence-electron chi connectivity index (χ4n) is 2.69. The lowest BCUT2D eigenvalue weighted by Crippen LogP contribution is -2.27. The van der Waals surface area contributed by atoms with E-state index in [4.69, 9.17) is 4.74 Å². The number of rotatable bonds is 6. The summed E-state index contributed by atoms with van der Waals surface area (Å²) in [5.74, 6) is 0.948. The molecule has 0 atom stereocenters. The average Bonchev–Trinajstić information content (AvgIpc) is 2.67. The average molecular weight is 362 g/mol. The number of aryl methyl sites for hydroxylation is 1. The smallest absolute Gasteiger partial charge is 0.272 e. The maximum atomic E-state index is 12.8. The van der Waals surface area contributed by atoms with Gasteiger partial charge in [0.05, 0.1) is 7.11 Å². The molecule has 138 valence electrons. The van der Waals surface area contributed by atoms with E-state index in [-0.39, 0.29) is 5.91 Å². The first-order chi connectivity index (χ1) is 13.0. The Labute approximate surface area is 158 Å². The zero-order valence-corrected chi connectivity index (χ0v) is 15.6. The van der Waals surface area contributed by atoms with Crippen LogP contribution in [0.2, 0.25) is 0 Å². The lowest BCUT2D eigenvalue weighted by molar-refractivity contribution is 0.0779. The predicted molar refractivity (Wildman–Crippen MR) is 105 cm³/mol. The molecule has 0 bridgehead atoms. The van der Waals surface area contributed by atoms with E-state index in [0.29, 0.717) is 23.9 Å². The Balaban J connectivity index is 1.78. The minimum atomic E-state index is -0.155. The van der Waals surface area contributed by atoms with Gasteiger partial charge in [0.2, 0.25) is 5.95 Å². The SMILES string of the molecule is COc1cccc(Nc2nc(C)cc(C(=O)N(C)Cc3ccccc3)n2)c1. The second-order valence-corrected chi connectivity index (χ2v) is 6.22. The van der Waals surface area contributed by atoms with Crippen molar-refractivity contribution in [2.24, 2.45) is 0 Å². The van der Waals surface area contributed by atoms with Gasteiger partial charge in [0.15, 0.2) is 0 Å². The number of aromatic nitrogens is 2. The van der Waals surface area contributed by atoms with Crippen LogP contribution < -0.4 is 10.1 Å². The number of benzene rings is 2. The summed E-state index contributed by atoms with van der Waals surface area (Å²) in [6.45, 7) is 2.35. The number of hydrogen-bond donors (Lipinski definition) is 1. The van der Waals surface area contributed by atoms with Crippen molar-refractivity contribution in [3.63, 3.8) is 0 Å². The van der Waals surface area contributed by atoms with Crippen LogP contribution in [-0.2, 0) is 6.54 Å². The van der Waals surface area contributed by atoms with Gasteiger partial charge in [-0.2, -0.15) is 0 Å². The van der Waals surface area contributed by atoms with Gasteiger partial charge >= 0.3 is 0 Å². The van der Waals surface area contributed by atoms with Crippen LogP contribution >= 0.6 is 0 Å². The first kappa shape index (κ1) is 18.4. The molecule has 0 radical (unpaired) electrons. The van der Waals surface area contributed by atoms with Gasteiger partial charge in [-0.3, -0.25) is 4.79 Å². The van der Waals surface area contributed by atoms with Crippen LogP contribution in [0.3, 0.4) is 0 Å². The minimum absolute atomic E-state index is 0.155. The maximum absolute atomic E-state index is 12.8. The Kier molecular flexibility index (Phi) is 5.66. The largest absolute Gasteiger partial charge is 0.497 e. The zero-order valence-electron chi connectivity index (χ0n) is 15.6. The summed E-state index contributed by atoms with van der Waals surface area (Å²) in [5.41, 5.74) is 2.92. The number of nitrogens with zero attached hydrogens (tertiary/aromatic N) is 3. The number of hydrogen-bond acceptors (Lipinski definition) is 5. The quantitative estimate of drug-likeness (QED) is 0.722. The number of ether oxygens (including phenoxy) is 1. The molecule has 1 aromatic heterocycles. The highest BCUT2D eigenvalue weighted by Gasteiger charge is 2.16. The number of carbonyl (C=O) groups excluding carboxylic acids is 1. The van der Waals surface area contributed by atoms with Crippen molar-refractivity contribution in [2.45, 2.75) is 13.5 Å². The van der Waals surface area contributed by atoms with Gasteiger partial charge in [-0.05, 0) is 30.7 Å². The summed E-state index contributed by atoms with van der Waals surface area (Å²) in [4.78, 5) is 23.2. The highest BCUT2D eigenvalue weighted by Crippen LogP contribution is 2.20. The molecular weight excluding hydrogens is 340 g/mol. The molecule has 0 saturated heterocycles. The molecule has 27 heavy (non-hydrogen) atoms. The van der Waals surface area contributed by atoms with Gasteiger partial charge in [0.25, 0.3) is 5.91 Å². The number of methoxy groups -OCH3 is 1. The molecule has 3 rings (SSSR count). The summed E-state index contributed by atoms with van der Waals surface area (Å²) in [7, 11) is 3.38. The highest BCUT2D eigenvalue weighted by atomic mass is 16.5. The summed E-state index contributed by atoms with van der Waals surface area (Å²) < 4.78 is 5.22. The summed E-state index contributed by atoms with van der Waals surface area (Å²) in [5, 5.41) is 3.13. The molecule has 0 aliphatic carbocycles. The number of nitrogens with one attached hydrogen (secondary N) is 1. The van der Waals surface area contributed by atoms with Crippen molar-refractivity contribution in [3.8, 4) is 5.75 Å². The molecule has 0 unspecified atom stereocenters. The van der Waals surface area contributed by atoms with Crippen molar-refractivity contribution in [1.29, 1.82) is 0 Å². The van der Waals surface area contributed by atoms with Crippen LogP contribution in [-0.4, -0.2) is 34.9 Å². The first-order valence-corrected chi connectivity index (χ1v) is 8.61. The lowest BCUT2D eigenvalue weighted by Gasteiger charge is -2.17. The number of anilines is 2. The molecule has 6 nitrogen and oxygen atoms in total. The predicted octanol–water partition coefficient (Wildman–Crippen LogP) is 3.81. The van der Waals surface area contributed by atoms with E-state index in [2.05, 4.69) is 15.3 Å². The van der Waals surface area contributed by atoms with E-state index in [1.807, 2.05) is 61.5 Å². The molecule has 0 aliphatic heterocycles. The van der Waals surface area contributed by atoms with Crippen LogP contribution in [0.25, 0.3) is 0 Å². The van der Waals surface area contributed by atoms with Crippen molar-refractivity contribution < 1.29 is 9.53 Å². The van der Waals surface area contributed by atoms with E-state index >= 15 is 0 Å². The molecule has 1 N–H and O–H groups in total. The van der Waals surface area contributed by atoms with E-state index < -0.39 is 0 Å². The van der Waals surface area contributed by atoms with Crippen LogP contribution in [0.5, 0.6) is 5.75 Å². The van der Waals surface area contributed by atoms with Gasteiger partial charge in [0.1, 0.15) is 11.4 Å². The second kappa shape index (κ2) is 8.31.